The molecule has 0 aliphatic heterocycles. The minimum Gasteiger partial charge on any atom is -0.370 e. The highest BCUT2D eigenvalue weighted by atomic mass is 15.1. The van der Waals surface area contributed by atoms with Crippen molar-refractivity contribution >= 4 is 5.96 Å². The maximum atomic E-state index is 6.87. The Kier molecular flexibility index (Phi) is 3.84. The van der Waals surface area contributed by atoms with Gasteiger partial charge in [0.15, 0.2) is 5.96 Å². The van der Waals surface area contributed by atoms with Gasteiger partial charge in [-0.3, -0.25) is 5.41 Å². The topological polar surface area (TPSA) is 61.9 Å². The van der Waals surface area contributed by atoms with Crippen LogP contribution in [0, 0.1) is 12.3 Å². The molecule has 4 N–H and O–H groups in total. The molecule has 0 aromatic carbocycles. The van der Waals surface area contributed by atoms with Crippen molar-refractivity contribution in [3.63, 3.8) is 0 Å². The van der Waals surface area contributed by atoms with Crippen molar-refractivity contribution in [2.45, 2.75) is 25.8 Å². The van der Waals surface area contributed by atoms with Crippen molar-refractivity contribution in [3.05, 3.63) is 6.92 Å². The van der Waals surface area contributed by atoms with Crippen LogP contribution in [0.15, 0.2) is 0 Å². The molecule has 1 atom stereocenters. The second-order valence-corrected chi connectivity index (χ2v) is 1.95. The average molecular weight is 128 g/mol. The number of nitrogens with two attached hydrogens (primary N) is 1. The van der Waals surface area contributed by atoms with E-state index >= 15 is 0 Å². The fourth-order valence-electron chi connectivity index (χ4n) is 0.598. The fourth-order valence-corrected chi connectivity index (χ4v) is 0.598. The lowest BCUT2D eigenvalue weighted by atomic mass is 10.2. The van der Waals surface area contributed by atoms with Crippen molar-refractivity contribution in [2.75, 3.05) is 0 Å². The van der Waals surface area contributed by atoms with Gasteiger partial charge in [-0.05, 0) is 12.8 Å². The molecule has 0 aromatic heterocycles. The van der Waals surface area contributed by atoms with Crippen molar-refractivity contribution in [2.24, 2.45) is 5.73 Å². The molecule has 0 heterocycles. The Morgan fingerprint density at radius 2 is 2.44 bits per heavy atom. The van der Waals surface area contributed by atoms with Crippen LogP contribution in [0.25, 0.3) is 0 Å². The maximum absolute atomic E-state index is 6.87. The van der Waals surface area contributed by atoms with E-state index in [9.17, 15) is 0 Å². The summed E-state index contributed by atoms with van der Waals surface area (Å²) in [4.78, 5) is 0. The van der Waals surface area contributed by atoms with E-state index in [0.717, 1.165) is 12.8 Å². The molecule has 0 aromatic rings. The third-order valence-electron chi connectivity index (χ3n) is 1.20. The van der Waals surface area contributed by atoms with Gasteiger partial charge in [-0.15, -0.1) is 0 Å². The summed E-state index contributed by atoms with van der Waals surface area (Å²) in [6.07, 6.45) is 1.74. The molecule has 0 bridgehead atoms. The second-order valence-electron chi connectivity index (χ2n) is 1.95. The standard InChI is InChI=1S/C6H14N3/c1-3-5(4-2)9-6(7)8/h5H,1,3-4H2,2H3,(H4,7,8,9)/t5-/m0/s1. The summed E-state index contributed by atoms with van der Waals surface area (Å²) in [5.74, 6) is 0.0329. The Morgan fingerprint density at radius 3 is 2.56 bits per heavy atom. The highest BCUT2D eigenvalue weighted by Gasteiger charge is 2.00. The van der Waals surface area contributed by atoms with E-state index in [-0.39, 0.29) is 12.0 Å². The van der Waals surface area contributed by atoms with E-state index in [1.54, 1.807) is 0 Å². The lowest BCUT2D eigenvalue weighted by Crippen LogP contribution is -2.38. The molecule has 0 unspecified atom stereocenters. The molecule has 9 heavy (non-hydrogen) atoms. The molecule has 0 amide bonds. The van der Waals surface area contributed by atoms with Gasteiger partial charge in [-0.2, -0.15) is 0 Å². The zero-order valence-electron chi connectivity index (χ0n) is 5.78. The third kappa shape index (κ3) is 3.82. The predicted molar refractivity (Wildman–Crippen MR) is 39.1 cm³/mol. The van der Waals surface area contributed by atoms with Gasteiger partial charge in [0.2, 0.25) is 0 Å². The van der Waals surface area contributed by atoms with Crippen LogP contribution in [0.3, 0.4) is 0 Å². The largest absolute Gasteiger partial charge is 0.370 e. The summed E-state index contributed by atoms with van der Waals surface area (Å²) in [6.45, 7) is 5.73. The summed E-state index contributed by atoms with van der Waals surface area (Å²) in [7, 11) is 0. The zero-order chi connectivity index (χ0) is 7.28. The van der Waals surface area contributed by atoms with Crippen molar-refractivity contribution < 1.29 is 0 Å². The number of rotatable bonds is 3. The Labute approximate surface area is 56.1 Å². The van der Waals surface area contributed by atoms with E-state index in [0.29, 0.717) is 0 Å². The Bertz CT molecular complexity index is 86.3. The van der Waals surface area contributed by atoms with Crippen LogP contribution < -0.4 is 11.1 Å². The Balaban J connectivity index is 3.43. The fraction of sp³-hybridized carbons (Fsp3) is 0.667. The minimum absolute atomic E-state index is 0.0329. The molecule has 53 valence electrons. The highest BCUT2D eigenvalue weighted by Crippen LogP contribution is 1.93. The smallest absolute Gasteiger partial charge is 0.185 e. The van der Waals surface area contributed by atoms with E-state index in [2.05, 4.69) is 12.2 Å². The van der Waals surface area contributed by atoms with Gasteiger partial charge in [0.25, 0.3) is 0 Å². The zero-order valence-corrected chi connectivity index (χ0v) is 5.78. The van der Waals surface area contributed by atoms with Crippen LogP contribution in [0.2, 0.25) is 0 Å². The average Bonchev–Trinajstić information content (AvgIpc) is 1.82. The quantitative estimate of drug-likeness (QED) is 0.382. The molecule has 0 aliphatic rings. The van der Waals surface area contributed by atoms with Gasteiger partial charge in [0.05, 0.1) is 0 Å². The molecule has 3 nitrogen and oxygen atoms in total. The normalized spacial score (nSPS) is 9.67. The van der Waals surface area contributed by atoms with Gasteiger partial charge >= 0.3 is 0 Å². The molecule has 0 fully saturated rings. The monoisotopic (exact) mass is 128 g/mol. The lowest BCUT2D eigenvalue weighted by molar-refractivity contribution is 0.589. The van der Waals surface area contributed by atoms with Gasteiger partial charge in [0, 0.05) is 6.04 Å². The SMILES string of the molecule is [CH2]C[C@@H](CC)NC(=N)N. The Morgan fingerprint density at radius 1 is 1.89 bits per heavy atom. The molecule has 0 spiro atoms. The van der Waals surface area contributed by atoms with Crippen LogP contribution in [-0.4, -0.2) is 12.0 Å². The summed E-state index contributed by atoms with van der Waals surface area (Å²) in [5.41, 5.74) is 5.09. The van der Waals surface area contributed by atoms with Crippen LogP contribution in [0.5, 0.6) is 0 Å². The highest BCUT2D eigenvalue weighted by molar-refractivity contribution is 5.74. The van der Waals surface area contributed by atoms with E-state index in [1.807, 2.05) is 6.92 Å². The first kappa shape index (κ1) is 8.27. The van der Waals surface area contributed by atoms with Crippen LogP contribution in [0.4, 0.5) is 0 Å². The number of hydrogen-bond acceptors (Lipinski definition) is 1. The second kappa shape index (κ2) is 4.18. The lowest BCUT2D eigenvalue weighted by Gasteiger charge is -2.13. The number of nitrogens with one attached hydrogen (secondary N) is 2. The van der Waals surface area contributed by atoms with Gasteiger partial charge in [0.1, 0.15) is 0 Å². The van der Waals surface area contributed by atoms with Gasteiger partial charge in [-0.25, -0.2) is 0 Å². The van der Waals surface area contributed by atoms with Crippen LogP contribution in [0.1, 0.15) is 19.8 Å². The number of hydrogen-bond donors (Lipinski definition) is 3. The van der Waals surface area contributed by atoms with Crippen LogP contribution in [-0.2, 0) is 0 Å². The first-order valence-corrected chi connectivity index (χ1v) is 3.10. The summed E-state index contributed by atoms with van der Waals surface area (Å²) < 4.78 is 0. The molecule has 0 aliphatic carbocycles. The predicted octanol–water partition coefficient (Wildman–Crippen LogP) is 0.472. The van der Waals surface area contributed by atoms with E-state index in [1.165, 1.54) is 0 Å². The molecule has 0 saturated heterocycles. The molecule has 0 saturated carbocycles. The molecular formula is C6H14N3. The van der Waals surface area contributed by atoms with Crippen LogP contribution >= 0.6 is 0 Å². The summed E-state index contributed by atoms with van der Waals surface area (Å²) >= 11 is 0. The third-order valence-corrected chi connectivity index (χ3v) is 1.20. The van der Waals surface area contributed by atoms with Crippen molar-refractivity contribution in [3.8, 4) is 0 Å². The molecule has 0 rings (SSSR count). The Hall–Kier alpha value is -0.730. The molecule has 3 heteroatoms. The minimum atomic E-state index is 0.0329. The molecule has 1 radical (unpaired) electrons. The van der Waals surface area contributed by atoms with E-state index in [4.69, 9.17) is 11.1 Å². The van der Waals surface area contributed by atoms with Gasteiger partial charge < -0.3 is 11.1 Å². The first-order chi connectivity index (χ1) is 4.20. The summed E-state index contributed by atoms with van der Waals surface area (Å²) in [5, 5.41) is 9.65. The van der Waals surface area contributed by atoms with E-state index < -0.39 is 0 Å². The van der Waals surface area contributed by atoms with Gasteiger partial charge in [-0.1, -0.05) is 13.8 Å². The maximum Gasteiger partial charge on any atom is 0.185 e. The number of guanidine groups is 1. The molecular weight excluding hydrogens is 114 g/mol. The summed E-state index contributed by atoms with van der Waals surface area (Å²) in [6, 6.07) is 0.266. The van der Waals surface area contributed by atoms with Crippen molar-refractivity contribution in [1.82, 2.24) is 5.32 Å². The first-order valence-electron chi connectivity index (χ1n) is 3.10. The van der Waals surface area contributed by atoms with Crippen molar-refractivity contribution in [1.29, 1.82) is 5.41 Å².